The Balaban J connectivity index is 1.97. The zero-order chi connectivity index (χ0) is 12.3. The van der Waals surface area contributed by atoms with Crippen LogP contribution < -0.4 is 0 Å². The van der Waals surface area contributed by atoms with Crippen molar-refractivity contribution in [3.63, 3.8) is 0 Å². The molecule has 0 atom stereocenters. The van der Waals surface area contributed by atoms with Crippen molar-refractivity contribution in [3.8, 4) is 0 Å². The first kappa shape index (κ1) is 15.0. The Bertz CT molecular complexity index is 304. The van der Waals surface area contributed by atoms with Crippen LogP contribution in [0.15, 0.2) is 24.3 Å². The van der Waals surface area contributed by atoms with Gasteiger partial charge in [-0.15, -0.1) is 0 Å². The molecular weight excluding hydrogens is 300 g/mol. The number of halogens is 2. The van der Waals surface area contributed by atoms with Gasteiger partial charge in [-0.2, -0.15) is 0 Å². The Hall–Kier alpha value is -0.0500. The third kappa shape index (κ3) is 7.80. The lowest BCUT2D eigenvalue weighted by atomic mass is 10.2. The number of unbranched alkanes of at least 4 members (excludes halogenated alkanes) is 3. The third-order valence-electron chi connectivity index (χ3n) is 2.60. The molecule has 0 spiro atoms. The van der Waals surface area contributed by atoms with E-state index in [1.807, 2.05) is 18.2 Å². The van der Waals surface area contributed by atoms with Crippen LogP contribution >= 0.6 is 27.5 Å². The van der Waals surface area contributed by atoms with Crippen molar-refractivity contribution in [1.82, 2.24) is 0 Å². The molecule has 0 heterocycles. The second kappa shape index (κ2) is 9.93. The number of rotatable bonds is 9. The number of benzene rings is 1. The van der Waals surface area contributed by atoms with E-state index in [0.29, 0.717) is 0 Å². The van der Waals surface area contributed by atoms with E-state index in [1.165, 1.54) is 31.2 Å². The Morgan fingerprint density at radius 1 is 1.06 bits per heavy atom. The molecule has 0 bridgehead atoms. The molecule has 17 heavy (non-hydrogen) atoms. The minimum atomic E-state index is 0.790. The van der Waals surface area contributed by atoms with Gasteiger partial charge in [0.15, 0.2) is 0 Å². The molecule has 0 aliphatic rings. The predicted molar refractivity (Wildman–Crippen MR) is 78.2 cm³/mol. The highest BCUT2D eigenvalue weighted by Crippen LogP contribution is 2.11. The summed E-state index contributed by atoms with van der Waals surface area (Å²) in [5.41, 5.74) is 1.25. The molecule has 0 amide bonds. The van der Waals surface area contributed by atoms with E-state index in [4.69, 9.17) is 16.3 Å². The fourth-order valence-electron chi connectivity index (χ4n) is 1.64. The van der Waals surface area contributed by atoms with Gasteiger partial charge in [0.2, 0.25) is 0 Å². The van der Waals surface area contributed by atoms with E-state index in [0.717, 1.165) is 30.0 Å². The smallest absolute Gasteiger partial charge is 0.0506 e. The molecule has 3 heteroatoms. The van der Waals surface area contributed by atoms with Gasteiger partial charge >= 0.3 is 0 Å². The van der Waals surface area contributed by atoms with Crippen molar-refractivity contribution in [2.75, 3.05) is 18.5 Å². The fraction of sp³-hybridized carbons (Fsp3) is 0.571. The second-order valence-corrected chi connectivity index (χ2v) is 5.32. The largest absolute Gasteiger partial charge is 0.381 e. The highest BCUT2D eigenvalue weighted by Gasteiger charge is 1.95. The van der Waals surface area contributed by atoms with E-state index in [9.17, 15) is 0 Å². The molecule has 0 saturated heterocycles. The molecule has 0 fully saturated rings. The minimum absolute atomic E-state index is 0.790. The van der Waals surface area contributed by atoms with Crippen molar-refractivity contribution >= 4 is 27.5 Å². The van der Waals surface area contributed by atoms with Gasteiger partial charge in [0.25, 0.3) is 0 Å². The van der Waals surface area contributed by atoms with Crippen molar-refractivity contribution < 1.29 is 4.74 Å². The lowest BCUT2D eigenvalue weighted by molar-refractivity contribution is 0.133. The third-order valence-corrected chi connectivity index (χ3v) is 3.39. The maximum Gasteiger partial charge on any atom is 0.0506 e. The highest BCUT2D eigenvalue weighted by molar-refractivity contribution is 9.09. The Morgan fingerprint density at radius 2 is 1.88 bits per heavy atom. The molecule has 0 radical (unpaired) electrons. The predicted octanol–water partition coefficient (Wildman–Crippen LogP) is 4.85. The van der Waals surface area contributed by atoms with Gasteiger partial charge in [-0.3, -0.25) is 0 Å². The van der Waals surface area contributed by atoms with E-state index in [-0.39, 0.29) is 0 Å². The molecule has 0 aromatic heterocycles. The average molecular weight is 320 g/mol. The van der Waals surface area contributed by atoms with Crippen LogP contribution in [0.2, 0.25) is 5.02 Å². The van der Waals surface area contributed by atoms with Gasteiger partial charge in [0.1, 0.15) is 0 Å². The lowest BCUT2D eigenvalue weighted by Gasteiger charge is -2.04. The van der Waals surface area contributed by atoms with Crippen LogP contribution in [-0.4, -0.2) is 18.5 Å². The molecule has 0 aliphatic heterocycles. The summed E-state index contributed by atoms with van der Waals surface area (Å²) in [6.07, 6.45) is 5.94. The Morgan fingerprint density at radius 3 is 2.65 bits per heavy atom. The first-order valence-corrected chi connectivity index (χ1v) is 7.71. The quantitative estimate of drug-likeness (QED) is 0.467. The van der Waals surface area contributed by atoms with Crippen LogP contribution in [0, 0.1) is 0 Å². The summed E-state index contributed by atoms with van der Waals surface area (Å²) in [5, 5.41) is 1.92. The van der Waals surface area contributed by atoms with E-state index < -0.39 is 0 Å². The number of hydrogen-bond acceptors (Lipinski definition) is 1. The fourth-order valence-corrected chi connectivity index (χ4v) is 2.25. The summed E-state index contributed by atoms with van der Waals surface area (Å²) in [6.45, 7) is 1.67. The zero-order valence-electron chi connectivity index (χ0n) is 10.1. The molecule has 0 aliphatic carbocycles. The van der Waals surface area contributed by atoms with Gasteiger partial charge < -0.3 is 4.74 Å². The number of hydrogen-bond donors (Lipinski definition) is 0. The summed E-state index contributed by atoms with van der Waals surface area (Å²) in [4.78, 5) is 0. The average Bonchev–Trinajstić information content (AvgIpc) is 2.33. The van der Waals surface area contributed by atoms with Crippen LogP contribution in [0.3, 0.4) is 0 Å². The normalized spacial score (nSPS) is 10.7. The lowest BCUT2D eigenvalue weighted by Crippen LogP contribution is -2.00. The van der Waals surface area contributed by atoms with Crippen LogP contribution in [-0.2, 0) is 11.2 Å². The molecule has 0 saturated carbocycles. The molecule has 1 aromatic carbocycles. The van der Waals surface area contributed by atoms with Crippen LogP contribution in [0.5, 0.6) is 0 Å². The van der Waals surface area contributed by atoms with Crippen molar-refractivity contribution in [2.45, 2.75) is 32.1 Å². The minimum Gasteiger partial charge on any atom is -0.381 e. The van der Waals surface area contributed by atoms with E-state index in [1.54, 1.807) is 0 Å². The molecule has 1 nitrogen and oxygen atoms in total. The zero-order valence-corrected chi connectivity index (χ0v) is 12.5. The molecule has 1 aromatic rings. The summed E-state index contributed by atoms with van der Waals surface area (Å²) < 4.78 is 5.60. The van der Waals surface area contributed by atoms with Crippen molar-refractivity contribution in [2.24, 2.45) is 0 Å². The molecule has 96 valence electrons. The van der Waals surface area contributed by atoms with Gasteiger partial charge in [0.05, 0.1) is 6.61 Å². The Kier molecular flexibility index (Phi) is 8.76. The van der Waals surface area contributed by atoms with Crippen LogP contribution in [0.25, 0.3) is 0 Å². The molecular formula is C14H20BrClO. The summed E-state index contributed by atoms with van der Waals surface area (Å²) in [5.74, 6) is 0. The van der Waals surface area contributed by atoms with Gasteiger partial charge in [-0.1, -0.05) is 52.5 Å². The summed E-state index contributed by atoms with van der Waals surface area (Å²) >= 11 is 9.34. The monoisotopic (exact) mass is 318 g/mol. The van der Waals surface area contributed by atoms with E-state index in [2.05, 4.69) is 22.0 Å². The van der Waals surface area contributed by atoms with Crippen molar-refractivity contribution in [1.29, 1.82) is 0 Å². The number of ether oxygens (including phenoxy) is 1. The van der Waals surface area contributed by atoms with Gasteiger partial charge in [0, 0.05) is 17.0 Å². The van der Waals surface area contributed by atoms with Gasteiger partial charge in [-0.05, 0) is 37.0 Å². The first-order chi connectivity index (χ1) is 8.33. The second-order valence-electron chi connectivity index (χ2n) is 4.10. The highest BCUT2D eigenvalue weighted by atomic mass is 79.9. The summed E-state index contributed by atoms with van der Waals surface area (Å²) in [6, 6.07) is 7.97. The van der Waals surface area contributed by atoms with Crippen LogP contribution in [0.1, 0.15) is 31.2 Å². The van der Waals surface area contributed by atoms with Gasteiger partial charge in [-0.25, -0.2) is 0 Å². The molecule has 0 N–H and O–H groups in total. The van der Waals surface area contributed by atoms with E-state index >= 15 is 0 Å². The number of alkyl halides is 1. The SMILES string of the molecule is Clc1cccc(CCOCCCCCCBr)c1. The standard InChI is InChI=1S/C14H20BrClO/c15-9-3-1-2-4-10-17-11-8-13-6-5-7-14(16)12-13/h5-7,12H,1-4,8-11H2. The summed E-state index contributed by atoms with van der Waals surface area (Å²) in [7, 11) is 0. The molecule has 1 rings (SSSR count). The maximum absolute atomic E-state index is 5.91. The van der Waals surface area contributed by atoms with Crippen LogP contribution in [0.4, 0.5) is 0 Å². The van der Waals surface area contributed by atoms with Crippen molar-refractivity contribution in [3.05, 3.63) is 34.9 Å². The topological polar surface area (TPSA) is 9.23 Å². The first-order valence-electron chi connectivity index (χ1n) is 6.21. The Labute approximate surface area is 118 Å². The maximum atomic E-state index is 5.91. The molecule has 0 unspecified atom stereocenters.